The number of nitrogens with one attached hydrogen (secondary N) is 1. The van der Waals surface area contributed by atoms with Gasteiger partial charge in [-0.1, -0.05) is 120 Å². The SMILES string of the molecule is COc1ccc(COC(O)[C@@H](Cc2ccc(OCOn3nnc4ccccc43)cc2)NC(c2ccccc2)(c2ccccc2)c2ccccc2)c(OC)c1. The summed E-state index contributed by atoms with van der Waals surface area (Å²) in [5.41, 5.74) is 5.40. The quantitative estimate of drug-likeness (QED) is 0.0764. The van der Waals surface area contributed by atoms with Gasteiger partial charge >= 0.3 is 0 Å². The zero-order valence-corrected chi connectivity index (χ0v) is 30.1. The fourth-order valence-electron chi connectivity index (χ4n) is 6.64. The highest BCUT2D eigenvalue weighted by Gasteiger charge is 2.40. The van der Waals surface area contributed by atoms with E-state index >= 15 is 0 Å². The lowest BCUT2D eigenvalue weighted by molar-refractivity contribution is -0.131. The van der Waals surface area contributed by atoms with Crippen LogP contribution in [0.25, 0.3) is 11.0 Å². The Morgan fingerprint density at radius 1 is 0.685 bits per heavy atom. The molecule has 0 aliphatic rings. The number of aliphatic hydroxyl groups excluding tert-OH is 1. The van der Waals surface area contributed by atoms with Crippen molar-refractivity contribution in [2.75, 3.05) is 21.0 Å². The van der Waals surface area contributed by atoms with E-state index in [1.165, 1.54) is 4.85 Å². The number of benzene rings is 6. The first kappa shape index (κ1) is 36.2. The highest BCUT2D eigenvalue weighted by molar-refractivity contribution is 5.73. The van der Waals surface area contributed by atoms with Crippen LogP contribution in [0.5, 0.6) is 17.2 Å². The van der Waals surface area contributed by atoms with Crippen LogP contribution >= 0.6 is 0 Å². The van der Waals surface area contributed by atoms with E-state index in [-0.39, 0.29) is 13.4 Å². The van der Waals surface area contributed by atoms with Crippen molar-refractivity contribution in [1.29, 1.82) is 0 Å². The maximum Gasteiger partial charge on any atom is 0.255 e. The molecule has 0 bridgehead atoms. The molecule has 10 heteroatoms. The van der Waals surface area contributed by atoms with Crippen LogP contribution in [0.1, 0.15) is 27.8 Å². The van der Waals surface area contributed by atoms with Gasteiger partial charge in [-0.15, -0.1) is 5.10 Å². The second kappa shape index (κ2) is 17.1. The van der Waals surface area contributed by atoms with Crippen LogP contribution in [-0.4, -0.2) is 53.6 Å². The molecule has 0 saturated heterocycles. The summed E-state index contributed by atoms with van der Waals surface area (Å²) >= 11 is 0. The molecule has 274 valence electrons. The van der Waals surface area contributed by atoms with Gasteiger partial charge in [0.2, 0.25) is 0 Å². The van der Waals surface area contributed by atoms with Gasteiger partial charge in [-0.05, 0) is 70.3 Å². The van der Waals surface area contributed by atoms with Crippen molar-refractivity contribution < 1.29 is 28.9 Å². The molecule has 1 heterocycles. The standard InChI is InChI=1S/C44H42N4O6/c1-50-38-27-24-33(42(29-38)51-2)30-52-43(49)40(28-32-22-25-37(26-23-32)53-31-54-48-41-21-13-12-20-39(41)46-47-48)45-44(34-14-6-3-7-15-34,35-16-8-4-9-17-35)36-18-10-5-11-19-36/h3-27,29,40,43,45,49H,28,30-31H2,1-2H3/t40-,43?/m1/s1. The molecule has 7 rings (SSSR count). The second-order valence-electron chi connectivity index (χ2n) is 12.7. The van der Waals surface area contributed by atoms with E-state index in [1.54, 1.807) is 20.3 Å². The molecule has 0 spiro atoms. The third-order valence-electron chi connectivity index (χ3n) is 9.37. The first-order chi connectivity index (χ1) is 26.6. The number of ether oxygens (including phenoxy) is 4. The van der Waals surface area contributed by atoms with E-state index in [0.29, 0.717) is 23.7 Å². The van der Waals surface area contributed by atoms with E-state index in [2.05, 4.69) is 52.0 Å². The molecule has 2 atom stereocenters. The third kappa shape index (κ3) is 8.06. The topological polar surface area (TPSA) is 109 Å². The maximum atomic E-state index is 12.0. The van der Waals surface area contributed by atoms with Crippen molar-refractivity contribution in [2.24, 2.45) is 0 Å². The molecule has 2 N–H and O–H groups in total. The highest BCUT2D eigenvalue weighted by Crippen LogP contribution is 2.38. The lowest BCUT2D eigenvalue weighted by Crippen LogP contribution is -2.55. The Morgan fingerprint density at radius 2 is 1.28 bits per heavy atom. The van der Waals surface area contributed by atoms with Gasteiger partial charge in [-0.2, -0.15) is 0 Å². The van der Waals surface area contributed by atoms with Crippen molar-refractivity contribution in [3.8, 4) is 17.2 Å². The Labute approximate surface area is 314 Å². The van der Waals surface area contributed by atoms with E-state index in [9.17, 15) is 5.11 Å². The van der Waals surface area contributed by atoms with Gasteiger partial charge in [0.1, 0.15) is 28.3 Å². The Hall–Kier alpha value is -6.20. The summed E-state index contributed by atoms with van der Waals surface area (Å²) in [6.07, 6.45) is -0.828. The Morgan fingerprint density at radius 3 is 1.89 bits per heavy atom. The average Bonchev–Trinajstić information content (AvgIpc) is 3.65. The van der Waals surface area contributed by atoms with Crippen molar-refractivity contribution in [3.63, 3.8) is 0 Å². The van der Waals surface area contributed by atoms with Crippen LogP contribution in [0.4, 0.5) is 0 Å². The van der Waals surface area contributed by atoms with Crippen LogP contribution in [0.3, 0.4) is 0 Å². The third-order valence-corrected chi connectivity index (χ3v) is 9.37. The second-order valence-corrected chi connectivity index (χ2v) is 12.7. The lowest BCUT2D eigenvalue weighted by Gasteiger charge is -2.41. The molecule has 0 aliphatic heterocycles. The first-order valence-electron chi connectivity index (χ1n) is 17.7. The van der Waals surface area contributed by atoms with Gasteiger partial charge in [-0.25, -0.2) is 0 Å². The smallest absolute Gasteiger partial charge is 0.255 e. The monoisotopic (exact) mass is 722 g/mol. The zero-order valence-electron chi connectivity index (χ0n) is 30.1. The zero-order chi connectivity index (χ0) is 37.2. The predicted octanol–water partition coefficient (Wildman–Crippen LogP) is 6.94. The minimum atomic E-state index is -1.24. The van der Waals surface area contributed by atoms with Gasteiger partial charge in [-0.3, -0.25) is 5.32 Å². The molecular weight excluding hydrogens is 681 g/mol. The summed E-state index contributed by atoms with van der Waals surface area (Å²) in [5.74, 6) is 1.89. The number of fused-ring (bicyclic) bond motifs is 1. The molecule has 10 nitrogen and oxygen atoms in total. The highest BCUT2D eigenvalue weighted by atomic mass is 16.8. The summed E-state index contributed by atoms with van der Waals surface area (Å²) < 4.78 is 23.2. The van der Waals surface area contributed by atoms with Crippen LogP contribution in [0.15, 0.2) is 158 Å². The average molecular weight is 723 g/mol. The van der Waals surface area contributed by atoms with Gasteiger partial charge in [0.05, 0.1) is 32.4 Å². The molecule has 1 aromatic heterocycles. The number of para-hydroxylation sites is 1. The molecule has 0 fully saturated rings. The predicted molar refractivity (Wildman–Crippen MR) is 206 cm³/mol. The molecule has 1 unspecified atom stereocenters. The number of aliphatic hydroxyl groups is 1. The largest absolute Gasteiger partial charge is 0.497 e. The minimum absolute atomic E-state index is 0.0635. The van der Waals surface area contributed by atoms with Crippen LogP contribution in [0.2, 0.25) is 0 Å². The van der Waals surface area contributed by atoms with Gasteiger partial charge in [0.15, 0.2) is 6.29 Å². The summed E-state index contributed by atoms with van der Waals surface area (Å²) in [5, 5.41) is 24.1. The molecule has 0 radical (unpaired) electrons. The summed E-state index contributed by atoms with van der Waals surface area (Å²) in [6.45, 7) is 0.0430. The Kier molecular flexibility index (Phi) is 11.4. The van der Waals surface area contributed by atoms with Crippen LogP contribution in [0, 0.1) is 0 Å². The summed E-state index contributed by atoms with van der Waals surface area (Å²) in [4.78, 5) is 7.06. The van der Waals surface area contributed by atoms with Crippen molar-refractivity contribution in [3.05, 3.63) is 186 Å². The fraction of sp³-hybridized carbons (Fsp3) is 0.182. The van der Waals surface area contributed by atoms with Crippen molar-refractivity contribution >= 4 is 11.0 Å². The number of methoxy groups -OCH3 is 2. The summed E-state index contributed by atoms with van der Waals surface area (Å²) in [6, 6.07) is 51.0. The van der Waals surface area contributed by atoms with Gasteiger partial charge in [0.25, 0.3) is 6.79 Å². The molecule has 0 amide bonds. The number of rotatable bonds is 17. The molecular formula is C44H42N4O6. The van der Waals surface area contributed by atoms with E-state index in [4.69, 9.17) is 23.8 Å². The normalized spacial score (nSPS) is 12.6. The van der Waals surface area contributed by atoms with E-state index in [0.717, 1.165) is 38.9 Å². The molecule has 6 aromatic carbocycles. The van der Waals surface area contributed by atoms with Crippen LogP contribution in [-0.2, 0) is 23.3 Å². The Balaban J connectivity index is 1.18. The molecule has 54 heavy (non-hydrogen) atoms. The molecule has 7 aromatic rings. The molecule has 0 saturated carbocycles. The first-order valence-corrected chi connectivity index (χ1v) is 17.7. The maximum absolute atomic E-state index is 12.0. The van der Waals surface area contributed by atoms with E-state index in [1.807, 2.05) is 115 Å². The number of nitrogens with zero attached hydrogens (tertiary/aromatic N) is 3. The Bertz CT molecular complexity index is 2120. The minimum Gasteiger partial charge on any atom is -0.497 e. The van der Waals surface area contributed by atoms with Crippen LogP contribution < -0.4 is 24.4 Å². The van der Waals surface area contributed by atoms with E-state index < -0.39 is 17.9 Å². The van der Waals surface area contributed by atoms with Gasteiger partial charge < -0.3 is 28.9 Å². The molecule has 0 aliphatic carbocycles. The van der Waals surface area contributed by atoms with Crippen molar-refractivity contribution in [1.82, 2.24) is 20.5 Å². The number of hydrogen-bond acceptors (Lipinski definition) is 9. The van der Waals surface area contributed by atoms with Crippen molar-refractivity contribution in [2.45, 2.75) is 30.9 Å². The summed E-state index contributed by atoms with van der Waals surface area (Å²) in [7, 11) is 3.21. The van der Waals surface area contributed by atoms with Gasteiger partial charge in [0, 0.05) is 11.6 Å². The number of aromatic nitrogens is 3. The lowest BCUT2D eigenvalue weighted by atomic mass is 9.76. The fourth-order valence-corrected chi connectivity index (χ4v) is 6.64. The number of hydrogen-bond donors (Lipinski definition) is 2.